The van der Waals surface area contributed by atoms with Gasteiger partial charge in [0.05, 0.1) is 11.1 Å². The summed E-state index contributed by atoms with van der Waals surface area (Å²) in [6.45, 7) is 3.48. The van der Waals surface area contributed by atoms with Crippen molar-refractivity contribution in [3.05, 3.63) is 69.2 Å². The van der Waals surface area contributed by atoms with Gasteiger partial charge in [-0.3, -0.25) is 14.6 Å². The Morgan fingerprint density at radius 1 is 1.15 bits per heavy atom. The van der Waals surface area contributed by atoms with E-state index in [1.807, 2.05) is 0 Å². The Morgan fingerprint density at radius 3 is 2.76 bits per heavy atom. The number of carbonyl (C=O) groups is 2. The third-order valence-electron chi connectivity index (χ3n) is 4.75. The van der Waals surface area contributed by atoms with Crippen molar-refractivity contribution in [1.82, 2.24) is 30.4 Å². The number of pyridine rings is 1. The lowest BCUT2D eigenvalue weighted by Gasteiger charge is -2.22. The second-order valence-corrected chi connectivity index (χ2v) is 8.26. The monoisotopic (exact) mass is 469 g/mol. The zero-order valence-electron chi connectivity index (χ0n) is 17.7. The average molecular weight is 470 g/mol. The first kappa shape index (κ1) is 22.2. The molecular weight excluding hydrogens is 450 g/mol. The van der Waals surface area contributed by atoms with Crippen LogP contribution in [0.25, 0.3) is 11.2 Å². The lowest BCUT2D eigenvalue weighted by Crippen LogP contribution is -2.41. The number of nitrogens with one attached hydrogen (secondary N) is 4. The van der Waals surface area contributed by atoms with Gasteiger partial charge in [-0.05, 0) is 44.2 Å². The molecule has 2 amide bonds. The lowest BCUT2D eigenvalue weighted by molar-refractivity contribution is -0.116. The first-order chi connectivity index (χ1) is 15.7. The van der Waals surface area contributed by atoms with Crippen LogP contribution in [0.4, 0.5) is 5.82 Å². The molecule has 0 atom stereocenters. The maximum absolute atomic E-state index is 12.5. The highest BCUT2D eigenvalue weighted by Crippen LogP contribution is 2.19. The number of benzene rings is 1. The van der Waals surface area contributed by atoms with E-state index in [0.717, 1.165) is 0 Å². The number of hydrogen-bond donors (Lipinski definition) is 4. The van der Waals surface area contributed by atoms with Gasteiger partial charge in [0, 0.05) is 23.4 Å². The first-order valence-corrected chi connectivity index (χ1v) is 10.4. The van der Waals surface area contributed by atoms with E-state index in [-0.39, 0.29) is 42.1 Å². The van der Waals surface area contributed by atoms with Crippen molar-refractivity contribution in [1.29, 1.82) is 0 Å². The van der Waals surface area contributed by atoms with Gasteiger partial charge in [0.15, 0.2) is 11.5 Å². The number of amides is 2. The van der Waals surface area contributed by atoms with Gasteiger partial charge in [-0.1, -0.05) is 22.8 Å². The summed E-state index contributed by atoms with van der Waals surface area (Å²) >= 11 is 5.95. The minimum atomic E-state index is -0.920. The highest BCUT2D eigenvalue weighted by Gasteiger charge is 2.29. The molecule has 1 aromatic carbocycles. The van der Waals surface area contributed by atoms with E-state index in [9.17, 15) is 14.4 Å². The number of anilines is 1. The molecule has 4 aromatic rings. The van der Waals surface area contributed by atoms with Crippen LogP contribution in [0.1, 0.15) is 42.3 Å². The van der Waals surface area contributed by atoms with E-state index in [1.54, 1.807) is 50.2 Å². The van der Waals surface area contributed by atoms with Crippen LogP contribution >= 0.6 is 11.6 Å². The molecular formula is C21H20ClN7O4. The van der Waals surface area contributed by atoms with Gasteiger partial charge in [-0.2, -0.15) is 4.98 Å². The molecule has 0 bridgehead atoms. The van der Waals surface area contributed by atoms with E-state index in [0.29, 0.717) is 27.6 Å². The van der Waals surface area contributed by atoms with Crippen LogP contribution in [0.3, 0.4) is 0 Å². The number of H-pyrrole nitrogens is 2. The van der Waals surface area contributed by atoms with Crippen LogP contribution in [0.5, 0.6) is 0 Å². The van der Waals surface area contributed by atoms with Crippen LogP contribution in [0.2, 0.25) is 5.02 Å². The van der Waals surface area contributed by atoms with Crippen molar-refractivity contribution in [2.75, 3.05) is 5.32 Å². The van der Waals surface area contributed by atoms with Gasteiger partial charge in [0.25, 0.3) is 5.91 Å². The Labute approximate surface area is 192 Å². The number of hydrogen-bond acceptors (Lipinski definition) is 7. The molecule has 0 unspecified atom stereocenters. The summed E-state index contributed by atoms with van der Waals surface area (Å²) in [6, 6.07) is 9.80. The van der Waals surface area contributed by atoms with Gasteiger partial charge in [-0.15, -0.1) is 0 Å². The van der Waals surface area contributed by atoms with Gasteiger partial charge in [0.2, 0.25) is 11.8 Å². The summed E-state index contributed by atoms with van der Waals surface area (Å²) < 4.78 is 5.25. The normalized spacial score (nSPS) is 11.5. The number of imidazole rings is 1. The number of aromatic nitrogens is 5. The lowest BCUT2D eigenvalue weighted by atomic mass is 10.0. The summed E-state index contributed by atoms with van der Waals surface area (Å²) in [6.07, 6.45) is 0.265. The summed E-state index contributed by atoms with van der Waals surface area (Å²) in [5.74, 6) is 0.189. The minimum absolute atomic E-state index is 0.0698. The number of nitrogens with zero attached hydrogens (tertiary/aromatic N) is 3. The number of aryl methyl sites for hydroxylation is 1. The summed E-state index contributed by atoms with van der Waals surface area (Å²) in [5, 5.41) is 9.90. The first-order valence-electron chi connectivity index (χ1n) is 10.00. The number of rotatable bonds is 7. The Kier molecular flexibility index (Phi) is 5.97. The largest absolute Gasteiger partial charge is 0.340 e. The molecule has 0 radical (unpaired) electrons. The van der Waals surface area contributed by atoms with Crippen molar-refractivity contribution in [2.24, 2.45) is 0 Å². The zero-order chi connectivity index (χ0) is 23.6. The highest BCUT2D eigenvalue weighted by molar-refractivity contribution is 6.30. The summed E-state index contributed by atoms with van der Waals surface area (Å²) in [4.78, 5) is 49.7. The number of fused-ring (bicyclic) bond motifs is 1. The molecule has 170 valence electrons. The van der Waals surface area contributed by atoms with Gasteiger partial charge in [0.1, 0.15) is 5.82 Å². The minimum Gasteiger partial charge on any atom is -0.340 e. The molecule has 3 heterocycles. The Morgan fingerprint density at radius 2 is 1.97 bits per heavy atom. The smallest absolute Gasteiger partial charge is 0.325 e. The molecule has 4 rings (SSSR count). The molecule has 0 aliphatic rings. The quantitative estimate of drug-likeness (QED) is 0.323. The van der Waals surface area contributed by atoms with Crippen molar-refractivity contribution in [2.45, 2.75) is 32.2 Å². The standard InChI is InChI=1S/C21H20ClN7O4/c1-21(2,28-18(31)11-4-3-5-12(22)10-11)19-26-16(33-29-19)9-8-15(30)24-14-7-6-13-17(25-14)27-20(32)23-13/h3-7,10H,8-9H2,1-2H3,(H,28,31)(H3,23,24,25,27,30,32). The maximum atomic E-state index is 12.5. The maximum Gasteiger partial charge on any atom is 0.325 e. The molecule has 0 saturated heterocycles. The van der Waals surface area contributed by atoms with Crippen LogP contribution in [-0.2, 0) is 16.8 Å². The zero-order valence-corrected chi connectivity index (χ0v) is 18.5. The molecule has 0 saturated carbocycles. The SMILES string of the molecule is CC(C)(NC(=O)c1cccc(Cl)c1)c1noc(CCC(=O)Nc2ccc3[nH]c(=O)[nH]c3n2)n1. The Hall–Kier alpha value is -3.99. The van der Waals surface area contributed by atoms with Gasteiger partial charge in [-0.25, -0.2) is 9.78 Å². The number of aromatic amines is 2. The van der Waals surface area contributed by atoms with Crippen molar-refractivity contribution in [3.8, 4) is 0 Å². The average Bonchev–Trinajstić information content (AvgIpc) is 3.38. The Balaban J connectivity index is 1.34. The molecule has 3 aromatic heterocycles. The molecule has 0 aliphatic heterocycles. The molecule has 0 fully saturated rings. The second-order valence-electron chi connectivity index (χ2n) is 7.82. The van der Waals surface area contributed by atoms with Crippen LogP contribution in [0.15, 0.2) is 45.7 Å². The fourth-order valence-corrected chi connectivity index (χ4v) is 3.25. The topological polar surface area (TPSA) is 159 Å². The van der Waals surface area contributed by atoms with Crippen molar-refractivity contribution >= 4 is 40.4 Å². The molecule has 12 heteroatoms. The van der Waals surface area contributed by atoms with E-state index in [1.165, 1.54) is 0 Å². The molecule has 4 N–H and O–H groups in total. The summed E-state index contributed by atoms with van der Waals surface area (Å²) in [7, 11) is 0. The van der Waals surface area contributed by atoms with E-state index in [2.05, 4.69) is 35.7 Å². The van der Waals surface area contributed by atoms with Crippen LogP contribution < -0.4 is 16.3 Å². The van der Waals surface area contributed by atoms with Crippen molar-refractivity contribution in [3.63, 3.8) is 0 Å². The molecule has 0 spiro atoms. The summed E-state index contributed by atoms with van der Waals surface area (Å²) in [5.41, 5.74) is 0.00475. The fraction of sp³-hybridized carbons (Fsp3) is 0.238. The predicted molar refractivity (Wildman–Crippen MR) is 120 cm³/mol. The van der Waals surface area contributed by atoms with Gasteiger partial charge >= 0.3 is 5.69 Å². The third kappa shape index (κ3) is 5.26. The van der Waals surface area contributed by atoms with E-state index in [4.69, 9.17) is 16.1 Å². The molecule has 0 aliphatic carbocycles. The number of carbonyl (C=O) groups excluding carboxylic acids is 2. The predicted octanol–water partition coefficient (Wildman–Crippen LogP) is 2.52. The van der Waals surface area contributed by atoms with Crippen molar-refractivity contribution < 1.29 is 14.1 Å². The van der Waals surface area contributed by atoms with Crippen LogP contribution in [0, 0.1) is 0 Å². The second kappa shape index (κ2) is 8.87. The molecule has 33 heavy (non-hydrogen) atoms. The number of halogens is 1. The fourth-order valence-electron chi connectivity index (χ4n) is 3.06. The highest BCUT2D eigenvalue weighted by atomic mass is 35.5. The van der Waals surface area contributed by atoms with E-state index < -0.39 is 5.54 Å². The van der Waals surface area contributed by atoms with Crippen LogP contribution in [-0.4, -0.2) is 36.9 Å². The molecule has 11 nitrogen and oxygen atoms in total. The Bertz CT molecular complexity index is 1390. The third-order valence-corrected chi connectivity index (χ3v) is 4.98. The van der Waals surface area contributed by atoms with Gasteiger partial charge < -0.3 is 20.1 Å². The van der Waals surface area contributed by atoms with E-state index >= 15 is 0 Å².